The zero-order valence-corrected chi connectivity index (χ0v) is 10.1. The van der Waals surface area contributed by atoms with E-state index in [1.165, 1.54) is 24.7 Å². The highest BCUT2D eigenvalue weighted by atomic mass is 16.3. The van der Waals surface area contributed by atoms with Crippen LogP contribution in [0.4, 0.5) is 5.69 Å². The molecule has 0 saturated carbocycles. The molecule has 0 atom stereocenters. The lowest BCUT2D eigenvalue weighted by atomic mass is 10.2. The quantitative estimate of drug-likeness (QED) is 0.446. The van der Waals surface area contributed by atoms with E-state index in [-0.39, 0.29) is 11.5 Å². The van der Waals surface area contributed by atoms with Gasteiger partial charge in [0.2, 0.25) is 0 Å². The fourth-order valence-electron chi connectivity index (χ4n) is 1.40. The van der Waals surface area contributed by atoms with Gasteiger partial charge in [-0.2, -0.15) is 5.10 Å². The Hall–Kier alpha value is -2.82. The summed E-state index contributed by atoms with van der Waals surface area (Å²) in [5, 5.41) is 22.5. The van der Waals surface area contributed by atoms with Crippen molar-refractivity contribution in [3.05, 3.63) is 54.1 Å². The van der Waals surface area contributed by atoms with Gasteiger partial charge in [0.1, 0.15) is 17.8 Å². The molecule has 2 aromatic rings. The van der Waals surface area contributed by atoms with E-state index in [0.717, 1.165) is 5.69 Å². The molecule has 0 spiro atoms. The summed E-state index contributed by atoms with van der Waals surface area (Å²) in [4.78, 5) is 4.12. The molecule has 2 aromatic carbocycles. The van der Waals surface area contributed by atoms with Gasteiger partial charge in [-0.25, -0.2) is 4.99 Å². The summed E-state index contributed by atoms with van der Waals surface area (Å²) >= 11 is 0. The first-order valence-corrected chi connectivity index (χ1v) is 5.64. The summed E-state index contributed by atoms with van der Waals surface area (Å²) in [6, 6.07) is 13.7. The minimum atomic E-state index is -0.0365. The van der Waals surface area contributed by atoms with Crippen molar-refractivity contribution in [2.24, 2.45) is 10.1 Å². The lowest BCUT2D eigenvalue weighted by molar-refractivity contribution is 0.450. The summed E-state index contributed by atoms with van der Waals surface area (Å²) < 4.78 is 0. The lowest BCUT2D eigenvalue weighted by Gasteiger charge is -1.98. The molecule has 0 aromatic heterocycles. The SMILES string of the molecule is Oc1ccc(/C=N/NC=Nc2ccccc2)c(O)c1. The van der Waals surface area contributed by atoms with Gasteiger partial charge in [-0.15, -0.1) is 0 Å². The molecule has 0 bridgehead atoms. The number of hydrogen-bond acceptors (Lipinski definition) is 4. The van der Waals surface area contributed by atoms with Crippen molar-refractivity contribution in [1.29, 1.82) is 0 Å². The number of aromatic hydroxyl groups is 2. The first-order chi connectivity index (χ1) is 9.25. The van der Waals surface area contributed by atoms with Crippen LogP contribution in [-0.4, -0.2) is 22.8 Å². The second kappa shape index (κ2) is 6.20. The molecule has 0 aliphatic carbocycles. The Morgan fingerprint density at radius 2 is 1.79 bits per heavy atom. The molecule has 5 nitrogen and oxygen atoms in total. The van der Waals surface area contributed by atoms with Crippen LogP contribution in [0.15, 0.2) is 58.6 Å². The first kappa shape index (κ1) is 12.6. The van der Waals surface area contributed by atoms with E-state index >= 15 is 0 Å². The predicted molar refractivity (Wildman–Crippen MR) is 75.1 cm³/mol. The molecule has 2 rings (SSSR count). The largest absolute Gasteiger partial charge is 0.508 e. The summed E-state index contributed by atoms with van der Waals surface area (Å²) in [7, 11) is 0. The van der Waals surface area contributed by atoms with Crippen LogP contribution >= 0.6 is 0 Å². The summed E-state index contributed by atoms with van der Waals surface area (Å²) in [5.74, 6) is -0.0289. The van der Waals surface area contributed by atoms with Crippen molar-refractivity contribution >= 4 is 18.2 Å². The van der Waals surface area contributed by atoms with Crippen molar-refractivity contribution in [1.82, 2.24) is 5.43 Å². The molecule has 0 aliphatic heterocycles. The van der Waals surface area contributed by atoms with E-state index in [1.807, 2.05) is 30.3 Å². The van der Waals surface area contributed by atoms with Gasteiger partial charge in [-0.3, -0.25) is 5.43 Å². The van der Waals surface area contributed by atoms with Crippen molar-refractivity contribution in [3.63, 3.8) is 0 Å². The molecule has 96 valence electrons. The zero-order valence-electron chi connectivity index (χ0n) is 10.1. The van der Waals surface area contributed by atoms with E-state index in [4.69, 9.17) is 5.11 Å². The third-order valence-corrected chi connectivity index (χ3v) is 2.32. The molecule has 0 radical (unpaired) electrons. The highest BCUT2D eigenvalue weighted by Crippen LogP contribution is 2.20. The Morgan fingerprint density at radius 1 is 1.00 bits per heavy atom. The Labute approximate surface area is 110 Å². The van der Waals surface area contributed by atoms with Gasteiger partial charge >= 0.3 is 0 Å². The average Bonchev–Trinajstić information content (AvgIpc) is 2.42. The normalized spacial score (nSPS) is 11.2. The Kier molecular flexibility index (Phi) is 4.12. The third-order valence-electron chi connectivity index (χ3n) is 2.32. The minimum Gasteiger partial charge on any atom is -0.508 e. The highest BCUT2D eigenvalue weighted by Gasteiger charge is 1.98. The van der Waals surface area contributed by atoms with Gasteiger partial charge in [-0.05, 0) is 24.3 Å². The van der Waals surface area contributed by atoms with Crippen LogP contribution in [-0.2, 0) is 0 Å². The van der Waals surface area contributed by atoms with Gasteiger partial charge < -0.3 is 10.2 Å². The van der Waals surface area contributed by atoms with E-state index in [0.29, 0.717) is 5.56 Å². The van der Waals surface area contributed by atoms with Crippen molar-refractivity contribution in [3.8, 4) is 11.5 Å². The summed E-state index contributed by atoms with van der Waals surface area (Å²) in [6.45, 7) is 0. The highest BCUT2D eigenvalue weighted by molar-refractivity contribution is 5.84. The third kappa shape index (κ3) is 3.85. The maximum atomic E-state index is 9.51. The Bertz CT molecular complexity index is 595. The van der Waals surface area contributed by atoms with Gasteiger partial charge in [0, 0.05) is 11.6 Å². The number of phenolic OH excluding ortho intramolecular Hbond substituents is 2. The number of para-hydroxylation sites is 1. The smallest absolute Gasteiger partial charge is 0.128 e. The van der Waals surface area contributed by atoms with Gasteiger partial charge in [0.05, 0.1) is 11.9 Å². The van der Waals surface area contributed by atoms with E-state index in [2.05, 4.69) is 15.5 Å². The molecule has 0 aliphatic rings. The van der Waals surface area contributed by atoms with Crippen LogP contribution in [0.2, 0.25) is 0 Å². The maximum absolute atomic E-state index is 9.51. The second-order valence-corrected chi connectivity index (χ2v) is 3.72. The zero-order chi connectivity index (χ0) is 13.5. The fourth-order valence-corrected chi connectivity index (χ4v) is 1.40. The number of rotatable bonds is 4. The van der Waals surface area contributed by atoms with Crippen LogP contribution in [0.5, 0.6) is 11.5 Å². The van der Waals surface area contributed by atoms with Crippen LogP contribution in [0.1, 0.15) is 5.56 Å². The number of hydrazone groups is 1. The molecule has 0 fully saturated rings. The second-order valence-electron chi connectivity index (χ2n) is 3.72. The van der Waals surface area contributed by atoms with Gasteiger partial charge in [0.25, 0.3) is 0 Å². The number of nitrogens with zero attached hydrogens (tertiary/aromatic N) is 2. The van der Waals surface area contributed by atoms with Crippen LogP contribution in [0, 0.1) is 0 Å². The average molecular weight is 255 g/mol. The lowest BCUT2D eigenvalue weighted by Crippen LogP contribution is -2.01. The van der Waals surface area contributed by atoms with Crippen LogP contribution < -0.4 is 5.43 Å². The molecular weight excluding hydrogens is 242 g/mol. The predicted octanol–water partition coefficient (Wildman–Crippen LogP) is 2.38. The van der Waals surface area contributed by atoms with Gasteiger partial charge in [-0.1, -0.05) is 18.2 Å². The number of benzene rings is 2. The monoisotopic (exact) mass is 255 g/mol. The van der Waals surface area contributed by atoms with Gasteiger partial charge in [0.15, 0.2) is 0 Å². The maximum Gasteiger partial charge on any atom is 0.128 e. The number of phenols is 2. The topological polar surface area (TPSA) is 77.2 Å². The minimum absolute atomic E-state index is 0.00764. The summed E-state index contributed by atoms with van der Waals surface area (Å²) in [6.07, 6.45) is 2.88. The number of hydrogen-bond donors (Lipinski definition) is 3. The molecule has 0 saturated heterocycles. The number of nitrogens with one attached hydrogen (secondary N) is 1. The van der Waals surface area contributed by atoms with E-state index < -0.39 is 0 Å². The first-order valence-electron chi connectivity index (χ1n) is 5.64. The van der Waals surface area contributed by atoms with E-state index in [9.17, 15) is 5.11 Å². The standard InChI is InChI=1S/C14H13N3O2/c18-13-7-6-11(14(19)8-13)9-16-17-10-15-12-4-2-1-3-5-12/h1-10,18-19H,(H,15,17)/b16-9+. The van der Waals surface area contributed by atoms with Crippen molar-refractivity contribution in [2.75, 3.05) is 0 Å². The molecule has 0 unspecified atom stereocenters. The van der Waals surface area contributed by atoms with Crippen molar-refractivity contribution in [2.45, 2.75) is 0 Å². The fraction of sp³-hybridized carbons (Fsp3) is 0. The Balaban J connectivity index is 1.92. The molecule has 0 amide bonds. The summed E-state index contributed by atoms with van der Waals surface area (Å²) in [5.41, 5.74) is 3.94. The molecule has 5 heteroatoms. The molecular formula is C14H13N3O2. The van der Waals surface area contributed by atoms with E-state index in [1.54, 1.807) is 6.07 Å². The van der Waals surface area contributed by atoms with Crippen LogP contribution in [0.3, 0.4) is 0 Å². The molecule has 3 N–H and O–H groups in total. The molecule has 19 heavy (non-hydrogen) atoms. The van der Waals surface area contributed by atoms with Crippen LogP contribution in [0.25, 0.3) is 0 Å². The number of aliphatic imine (C=N–C) groups is 1. The molecule has 0 heterocycles. The Morgan fingerprint density at radius 3 is 2.53 bits per heavy atom. The van der Waals surface area contributed by atoms with Crippen molar-refractivity contribution < 1.29 is 10.2 Å².